The van der Waals surface area contributed by atoms with E-state index in [4.69, 9.17) is 4.74 Å². The molecule has 0 aliphatic carbocycles. The summed E-state index contributed by atoms with van der Waals surface area (Å²) in [6.07, 6.45) is 0.916. The summed E-state index contributed by atoms with van der Waals surface area (Å²) in [6.45, 7) is 6.79. The Labute approximate surface area is 150 Å². The van der Waals surface area contributed by atoms with Gasteiger partial charge in [-0.25, -0.2) is 4.98 Å². The van der Waals surface area contributed by atoms with Gasteiger partial charge < -0.3 is 15.2 Å². The number of carboxylic acids is 1. The summed E-state index contributed by atoms with van der Waals surface area (Å²) in [5, 5.41) is 13.3. The van der Waals surface area contributed by atoms with Crippen LogP contribution in [0.4, 0.5) is 0 Å². The van der Waals surface area contributed by atoms with Gasteiger partial charge in [-0.2, -0.15) is 0 Å². The van der Waals surface area contributed by atoms with E-state index in [1.807, 2.05) is 26.8 Å². The van der Waals surface area contributed by atoms with Gasteiger partial charge in [0.1, 0.15) is 4.83 Å². The highest BCUT2D eigenvalue weighted by atomic mass is 32.1. The zero-order chi connectivity index (χ0) is 18.2. The van der Waals surface area contributed by atoms with Crippen molar-refractivity contribution in [2.24, 2.45) is 0 Å². The van der Waals surface area contributed by atoms with Crippen LogP contribution in [-0.4, -0.2) is 40.7 Å². The first kappa shape index (κ1) is 17.8. The van der Waals surface area contributed by atoms with E-state index >= 15 is 0 Å². The number of hydrogen-bond donors (Lipinski definition) is 2. The summed E-state index contributed by atoms with van der Waals surface area (Å²) in [6, 6.07) is 2.01. The quantitative estimate of drug-likeness (QED) is 0.873. The Morgan fingerprint density at radius 2 is 2.00 bits per heavy atom. The molecule has 1 fully saturated rings. The molecule has 1 amide bonds. The van der Waals surface area contributed by atoms with Crippen molar-refractivity contribution in [2.75, 3.05) is 13.2 Å². The summed E-state index contributed by atoms with van der Waals surface area (Å²) in [4.78, 5) is 30.2. The molecule has 0 radical (unpaired) electrons. The van der Waals surface area contributed by atoms with Gasteiger partial charge in [-0.1, -0.05) is 0 Å². The summed E-state index contributed by atoms with van der Waals surface area (Å²) in [5.41, 5.74) is 2.17. The summed E-state index contributed by atoms with van der Waals surface area (Å²) in [7, 11) is 0. The molecule has 0 spiro atoms. The van der Waals surface area contributed by atoms with E-state index in [9.17, 15) is 14.7 Å². The van der Waals surface area contributed by atoms with Gasteiger partial charge in [0, 0.05) is 24.3 Å². The van der Waals surface area contributed by atoms with Gasteiger partial charge in [-0.3, -0.25) is 9.59 Å². The third-order valence-corrected chi connectivity index (χ3v) is 5.93. The minimum atomic E-state index is -0.914. The van der Waals surface area contributed by atoms with Crippen LogP contribution in [0.15, 0.2) is 6.07 Å². The van der Waals surface area contributed by atoms with E-state index in [1.165, 1.54) is 11.3 Å². The van der Waals surface area contributed by atoms with E-state index in [0.29, 0.717) is 30.9 Å². The number of hydrogen-bond acceptors (Lipinski definition) is 5. The largest absolute Gasteiger partial charge is 0.481 e. The highest BCUT2D eigenvalue weighted by molar-refractivity contribution is 7.20. The standard InChI is InChI=1S/C18H22N2O4S/c1-10-8-11(2)19-17-14(10)12(3)15(25-17)16(23)20-18(9-13(21)22)4-6-24-7-5-18/h8H,4-7,9H2,1-3H3,(H,20,23)(H,21,22). The predicted octanol–water partition coefficient (Wildman–Crippen LogP) is 2.98. The maximum absolute atomic E-state index is 12.9. The number of aromatic nitrogens is 1. The van der Waals surface area contributed by atoms with E-state index in [1.54, 1.807) is 0 Å². The fourth-order valence-corrected chi connectivity index (χ4v) is 4.73. The Morgan fingerprint density at radius 1 is 1.32 bits per heavy atom. The number of aliphatic carboxylic acids is 1. The predicted molar refractivity (Wildman–Crippen MR) is 96.3 cm³/mol. The minimum absolute atomic E-state index is 0.0948. The molecule has 2 N–H and O–H groups in total. The third kappa shape index (κ3) is 3.52. The van der Waals surface area contributed by atoms with Gasteiger partial charge in [0.15, 0.2) is 0 Å². The van der Waals surface area contributed by atoms with Crippen molar-refractivity contribution in [3.63, 3.8) is 0 Å². The lowest BCUT2D eigenvalue weighted by molar-refractivity contribution is -0.139. The Bertz CT molecular complexity index is 837. The molecule has 3 heterocycles. The van der Waals surface area contributed by atoms with Crippen molar-refractivity contribution in [1.82, 2.24) is 10.3 Å². The first-order valence-electron chi connectivity index (χ1n) is 8.31. The summed E-state index contributed by atoms with van der Waals surface area (Å²) in [5.74, 6) is -1.14. The number of nitrogens with one attached hydrogen (secondary N) is 1. The maximum Gasteiger partial charge on any atom is 0.305 e. The van der Waals surface area contributed by atoms with E-state index in [2.05, 4.69) is 10.3 Å². The normalized spacial score (nSPS) is 16.8. The molecule has 3 rings (SSSR count). The molecule has 0 aromatic carbocycles. The van der Waals surface area contributed by atoms with Gasteiger partial charge in [0.2, 0.25) is 0 Å². The van der Waals surface area contributed by atoms with Crippen LogP contribution >= 0.6 is 11.3 Å². The molecule has 1 aliphatic rings. The van der Waals surface area contributed by atoms with Crippen molar-refractivity contribution >= 4 is 33.4 Å². The van der Waals surface area contributed by atoms with Crippen molar-refractivity contribution in [3.05, 3.63) is 27.8 Å². The average Bonchev–Trinajstić information content (AvgIpc) is 2.84. The molecule has 2 aromatic rings. The number of ether oxygens (including phenoxy) is 1. The topological polar surface area (TPSA) is 88.5 Å². The molecule has 0 saturated carbocycles. The number of nitrogens with zero attached hydrogens (tertiary/aromatic N) is 1. The lowest BCUT2D eigenvalue weighted by Crippen LogP contribution is -2.53. The van der Waals surface area contributed by atoms with Crippen LogP contribution < -0.4 is 5.32 Å². The summed E-state index contributed by atoms with van der Waals surface area (Å²) < 4.78 is 5.34. The number of aryl methyl sites for hydroxylation is 3. The second-order valence-electron chi connectivity index (χ2n) is 6.73. The average molecular weight is 362 g/mol. The van der Waals surface area contributed by atoms with E-state index in [0.717, 1.165) is 27.0 Å². The third-order valence-electron chi connectivity index (χ3n) is 4.75. The molecule has 1 saturated heterocycles. The van der Waals surface area contributed by atoms with Gasteiger partial charge in [0.25, 0.3) is 5.91 Å². The SMILES string of the molecule is Cc1cc(C)c2c(C)c(C(=O)NC3(CC(=O)O)CCOCC3)sc2n1. The molecule has 1 aliphatic heterocycles. The van der Waals surface area contributed by atoms with Gasteiger partial charge in [-0.05, 0) is 50.8 Å². The van der Waals surface area contributed by atoms with E-state index < -0.39 is 11.5 Å². The number of carboxylic acid groups (broad SMARTS) is 1. The van der Waals surface area contributed by atoms with Crippen LogP contribution in [0.5, 0.6) is 0 Å². The molecule has 0 atom stereocenters. The van der Waals surface area contributed by atoms with Crippen molar-refractivity contribution in [3.8, 4) is 0 Å². The molecule has 25 heavy (non-hydrogen) atoms. The lowest BCUT2D eigenvalue weighted by atomic mass is 9.86. The van der Waals surface area contributed by atoms with Crippen LogP contribution in [0, 0.1) is 20.8 Å². The van der Waals surface area contributed by atoms with Crippen LogP contribution in [-0.2, 0) is 9.53 Å². The number of amides is 1. The zero-order valence-electron chi connectivity index (χ0n) is 14.6. The van der Waals surface area contributed by atoms with Crippen LogP contribution in [0.1, 0.15) is 45.8 Å². The Kier molecular flexibility index (Phi) is 4.79. The first-order chi connectivity index (χ1) is 11.8. The van der Waals surface area contributed by atoms with Crippen LogP contribution in [0.25, 0.3) is 10.2 Å². The fourth-order valence-electron chi connectivity index (χ4n) is 3.53. The molecule has 7 heteroatoms. The number of thiophene rings is 1. The minimum Gasteiger partial charge on any atom is -0.481 e. The van der Waals surface area contributed by atoms with Gasteiger partial charge >= 0.3 is 5.97 Å². The van der Waals surface area contributed by atoms with Crippen LogP contribution in [0.3, 0.4) is 0 Å². The molecule has 6 nitrogen and oxygen atoms in total. The second kappa shape index (κ2) is 6.72. The molecule has 134 valence electrons. The van der Waals surface area contributed by atoms with Crippen molar-refractivity contribution in [1.29, 1.82) is 0 Å². The smallest absolute Gasteiger partial charge is 0.305 e. The number of rotatable bonds is 4. The highest BCUT2D eigenvalue weighted by Crippen LogP contribution is 2.33. The molecule has 0 bridgehead atoms. The van der Waals surface area contributed by atoms with Gasteiger partial charge in [0.05, 0.1) is 16.8 Å². The monoisotopic (exact) mass is 362 g/mol. The molecule has 0 unspecified atom stereocenters. The molecular formula is C18H22N2O4S. The van der Waals surface area contributed by atoms with E-state index in [-0.39, 0.29) is 12.3 Å². The van der Waals surface area contributed by atoms with Crippen molar-refractivity contribution in [2.45, 2.75) is 45.6 Å². The maximum atomic E-state index is 12.9. The zero-order valence-corrected chi connectivity index (χ0v) is 15.5. The number of pyridine rings is 1. The number of carbonyl (C=O) groups is 2. The lowest BCUT2D eigenvalue weighted by Gasteiger charge is -2.36. The Hall–Kier alpha value is -1.99. The highest BCUT2D eigenvalue weighted by Gasteiger charge is 2.37. The van der Waals surface area contributed by atoms with Gasteiger partial charge in [-0.15, -0.1) is 11.3 Å². The fraction of sp³-hybridized carbons (Fsp3) is 0.500. The summed E-state index contributed by atoms with van der Waals surface area (Å²) >= 11 is 1.36. The molecule has 2 aromatic heterocycles. The second-order valence-corrected chi connectivity index (χ2v) is 7.73. The Balaban J connectivity index is 1.94. The first-order valence-corrected chi connectivity index (χ1v) is 9.12. The van der Waals surface area contributed by atoms with Crippen molar-refractivity contribution < 1.29 is 19.4 Å². The number of fused-ring (bicyclic) bond motifs is 1. The Morgan fingerprint density at radius 3 is 2.64 bits per heavy atom. The molecular weight excluding hydrogens is 340 g/mol. The van der Waals surface area contributed by atoms with Crippen LogP contribution in [0.2, 0.25) is 0 Å². The number of carbonyl (C=O) groups excluding carboxylic acids is 1.